The Morgan fingerprint density at radius 1 is 1.06 bits per heavy atom. The van der Waals surface area contributed by atoms with Crippen molar-refractivity contribution in [3.63, 3.8) is 0 Å². The molecule has 32 heavy (non-hydrogen) atoms. The number of aromatic nitrogens is 1. The number of thiazole rings is 1. The highest BCUT2D eigenvalue weighted by molar-refractivity contribution is 7.89. The van der Waals surface area contributed by atoms with Crippen molar-refractivity contribution in [2.24, 2.45) is 0 Å². The molecule has 2 N–H and O–H groups in total. The fourth-order valence-electron chi connectivity index (χ4n) is 3.49. The quantitative estimate of drug-likeness (QED) is 0.575. The van der Waals surface area contributed by atoms with Crippen LogP contribution in [0, 0.1) is 6.92 Å². The molecule has 9 nitrogen and oxygen atoms in total. The van der Waals surface area contributed by atoms with Gasteiger partial charge >= 0.3 is 4.87 Å². The molecule has 0 aliphatic carbocycles. The summed E-state index contributed by atoms with van der Waals surface area (Å²) < 4.78 is 27.9. The zero-order valence-electron chi connectivity index (χ0n) is 17.3. The summed E-state index contributed by atoms with van der Waals surface area (Å²) in [6.07, 6.45) is 0. The summed E-state index contributed by atoms with van der Waals surface area (Å²) in [4.78, 5) is 40.2. The van der Waals surface area contributed by atoms with Crippen LogP contribution in [0.1, 0.15) is 15.9 Å². The smallest absolute Gasteiger partial charge is 0.305 e. The first-order valence-electron chi connectivity index (χ1n) is 10.00. The van der Waals surface area contributed by atoms with Crippen molar-refractivity contribution in [3.05, 3.63) is 63.3 Å². The molecule has 1 aliphatic heterocycles. The van der Waals surface area contributed by atoms with Crippen LogP contribution in [0.3, 0.4) is 0 Å². The van der Waals surface area contributed by atoms with Gasteiger partial charge in [-0.05, 0) is 37.3 Å². The van der Waals surface area contributed by atoms with Gasteiger partial charge in [0.15, 0.2) is 0 Å². The van der Waals surface area contributed by atoms with E-state index in [4.69, 9.17) is 0 Å². The molecule has 0 unspecified atom stereocenters. The molecule has 2 amide bonds. The molecular weight excluding hydrogens is 452 g/mol. The third kappa shape index (κ3) is 4.59. The number of H-pyrrole nitrogens is 1. The summed E-state index contributed by atoms with van der Waals surface area (Å²) in [6.45, 7) is 2.55. The molecular formula is C21H22N4O5S2. The second-order valence-electron chi connectivity index (χ2n) is 7.51. The molecule has 0 atom stereocenters. The van der Waals surface area contributed by atoms with Gasteiger partial charge in [0.1, 0.15) is 0 Å². The van der Waals surface area contributed by atoms with Gasteiger partial charge in [0.25, 0.3) is 5.91 Å². The lowest BCUT2D eigenvalue weighted by Gasteiger charge is -2.34. The Balaban J connectivity index is 1.34. The van der Waals surface area contributed by atoms with E-state index in [9.17, 15) is 22.8 Å². The van der Waals surface area contributed by atoms with E-state index in [1.165, 1.54) is 16.4 Å². The number of fused-ring (bicyclic) bond motifs is 1. The number of amides is 2. The van der Waals surface area contributed by atoms with E-state index in [1.54, 1.807) is 23.1 Å². The topological polar surface area (TPSA) is 120 Å². The third-order valence-corrected chi connectivity index (χ3v) is 8.08. The number of sulfonamides is 1. The minimum atomic E-state index is -3.74. The number of carbonyl (C=O) groups excluding carboxylic acids is 2. The number of benzene rings is 2. The minimum absolute atomic E-state index is 0.116. The lowest BCUT2D eigenvalue weighted by molar-refractivity contribution is -0.131. The van der Waals surface area contributed by atoms with Crippen LogP contribution in [0.25, 0.3) is 10.2 Å². The highest BCUT2D eigenvalue weighted by Crippen LogP contribution is 2.23. The standard InChI is InChI=1S/C21H22N4O5S2/c1-14-2-4-15(5-3-14)20(27)22-13-19(26)24-8-10-25(11-9-24)32(29,30)16-6-7-17-18(12-16)31-21(28)23-17/h2-7,12H,8-11,13H2,1H3,(H,22,27)(H,23,28). The highest BCUT2D eigenvalue weighted by Gasteiger charge is 2.30. The Morgan fingerprint density at radius 2 is 1.75 bits per heavy atom. The minimum Gasteiger partial charge on any atom is -0.343 e. The van der Waals surface area contributed by atoms with Gasteiger partial charge in [0.05, 0.1) is 21.7 Å². The molecule has 1 saturated heterocycles. The lowest BCUT2D eigenvalue weighted by Crippen LogP contribution is -2.52. The Labute approximate surface area is 188 Å². The van der Waals surface area contributed by atoms with Crippen LogP contribution in [0.15, 0.2) is 52.2 Å². The van der Waals surface area contributed by atoms with Gasteiger partial charge in [0.2, 0.25) is 15.9 Å². The monoisotopic (exact) mass is 474 g/mol. The van der Waals surface area contributed by atoms with Crippen molar-refractivity contribution in [2.45, 2.75) is 11.8 Å². The number of hydrogen-bond acceptors (Lipinski definition) is 6. The Kier molecular flexibility index (Phi) is 6.13. The number of carbonyl (C=O) groups is 2. The summed E-state index contributed by atoms with van der Waals surface area (Å²) in [7, 11) is -3.74. The first-order chi connectivity index (χ1) is 15.2. The van der Waals surface area contributed by atoms with E-state index in [-0.39, 0.29) is 54.3 Å². The van der Waals surface area contributed by atoms with Crippen molar-refractivity contribution < 1.29 is 18.0 Å². The normalized spacial score (nSPS) is 15.1. The third-order valence-electron chi connectivity index (χ3n) is 5.34. The SMILES string of the molecule is Cc1ccc(C(=O)NCC(=O)N2CCN(S(=O)(=O)c3ccc4[nH]c(=O)sc4c3)CC2)cc1. The molecule has 2 aromatic carbocycles. The first-order valence-corrected chi connectivity index (χ1v) is 12.3. The molecule has 0 spiro atoms. The van der Waals surface area contributed by atoms with Crippen LogP contribution >= 0.6 is 11.3 Å². The number of nitrogens with zero attached hydrogens (tertiary/aromatic N) is 2. The number of aromatic amines is 1. The maximum absolute atomic E-state index is 13.0. The van der Waals surface area contributed by atoms with Crippen molar-refractivity contribution in [1.82, 2.24) is 19.5 Å². The van der Waals surface area contributed by atoms with Crippen LogP contribution in [-0.4, -0.2) is 67.1 Å². The molecule has 168 valence electrons. The Morgan fingerprint density at radius 3 is 2.44 bits per heavy atom. The predicted molar refractivity (Wildman–Crippen MR) is 121 cm³/mol. The Hall–Kier alpha value is -3.02. The zero-order valence-corrected chi connectivity index (χ0v) is 19.0. The van der Waals surface area contributed by atoms with Crippen molar-refractivity contribution >= 4 is 43.4 Å². The maximum Gasteiger partial charge on any atom is 0.305 e. The molecule has 1 fully saturated rings. The lowest BCUT2D eigenvalue weighted by atomic mass is 10.1. The largest absolute Gasteiger partial charge is 0.343 e. The van der Waals surface area contributed by atoms with E-state index < -0.39 is 10.0 Å². The van der Waals surface area contributed by atoms with E-state index in [1.807, 2.05) is 19.1 Å². The van der Waals surface area contributed by atoms with E-state index in [0.29, 0.717) is 15.8 Å². The van der Waals surface area contributed by atoms with Crippen molar-refractivity contribution in [3.8, 4) is 0 Å². The molecule has 0 radical (unpaired) electrons. The number of piperazine rings is 1. The molecule has 1 aliphatic rings. The van der Waals surface area contributed by atoms with E-state index in [2.05, 4.69) is 10.3 Å². The van der Waals surface area contributed by atoms with Crippen LogP contribution in [0.4, 0.5) is 0 Å². The van der Waals surface area contributed by atoms with Gasteiger partial charge < -0.3 is 15.2 Å². The van der Waals surface area contributed by atoms with Gasteiger partial charge in [-0.25, -0.2) is 8.42 Å². The zero-order chi connectivity index (χ0) is 22.9. The number of aryl methyl sites for hydroxylation is 1. The summed E-state index contributed by atoms with van der Waals surface area (Å²) in [5.74, 6) is -0.594. The van der Waals surface area contributed by atoms with Gasteiger partial charge in [-0.1, -0.05) is 29.0 Å². The average molecular weight is 475 g/mol. The second-order valence-corrected chi connectivity index (χ2v) is 10.5. The fraction of sp³-hybridized carbons (Fsp3) is 0.286. The van der Waals surface area contributed by atoms with Crippen LogP contribution in [-0.2, 0) is 14.8 Å². The number of rotatable bonds is 5. The van der Waals surface area contributed by atoms with Crippen LogP contribution in [0.2, 0.25) is 0 Å². The highest BCUT2D eigenvalue weighted by atomic mass is 32.2. The molecule has 0 saturated carbocycles. The van der Waals surface area contributed by atoms with Crippen molar-refractivity contribution in [1.29, 1.82) is 0 Å². The predicted octanol–water partition coefficient (Wildman–Crippen LogP) is 1.16. The molecule has 1 aromatic heterocycles. The Bertz CT molecular complexity index is 1320. The summed E-state index contributed by atoms with van der Waals surface area (Å²) >= 11 is 0.959. The van der Waals surface area contributed by atoms with Gasteiger partial charge in [0, 0.05) is 31.7 Å². The van der Waals surface area contributed by atoms with Crippen molar-refractivity contribution in [2.75, 3.05) is 32.7 Å². The summed E-state index contributed by atoms with van der Waals surface area (Å²) in [5, 5.41) is 2.61. The second kappa shape index (κ2) is 8.85. The van der Waals surface area contributed by atoms with Gasteiger partial charge in [-0.15, -0.1) is 0 Å². The first kappa shape index (κ1) is 22.2. The molecule has 0 bridgehead atoms. The number of nitrogens with one attached hydrogen (secondary N) is 2. The summed E-state index contributed by atoms with van der Waals surface area (Å²) in [6, 6.07) is 11.6. The maximum atomic E-state index is 13.0. The molecule has 11 heteroatoms. The molecule has 4 rings (SSSR count). The van der Waals surface area contributed by atoms with Gasteiger partial charge in [-0.2, -0.15) is 4.31 Å². The van der Waals surface area contributed by atoms with Crippen LogP contribution in [0.5, 0.6) is 0 Å². The number of hydrogen-bond donors (Lipinski definition) is 2. The van der Waals surface area contributed by atoms with E-state index in [0.717, 1.165) is 16.9 Å². The van der Waals surface area contributed by atoms with Crippen LogP contribution < -0.4 is 10.2 Å². The average Bonchev–Trinajstić information content (AvgIpc) is 3.17. The van der Waals surface area contributed by atoms with Gasteiger partial charge in [-0.3, -0.25) is 14.4 Å². The fourth-order valence-corrected chi connectivity index (χ4v) is 5.79. The van der Waals surface area contributed by atoms with E-state index >= 15 is 0 Å². The molecule has 3 aromatic rings. The summed E-state index contributed by atoms with van der Waals surface area (Å²) in [5.41, 5.74) is 2.11. The molecule has 2 heterocycles.